The molecular weight excluding hydrogens is 256 g/mol. The average molecular weight is 274 g/mol. The van der Waals surface area contributed by atoms with Crippen molar-refractivity contribution in [1.82, 2.24) is 5.32 Å². The minimum atomic E-state index is -0.799. The van der Waals surface area contributed by atoms with Crippen LogP contribution in [0.2, 0.25) is 0 Å². The van der Waals surface area contributed by atoms with E-state index < -0.39 is 11.4 Å². The second kappa shape index (κ2) is 4.81. The minimum Gasteiger partial charge on any atom is -0.481 e. The fraction of sp³-hybridized carbons (Fsp3) is 0.467. The van der Waals surface area contributed by atoms with Crippen molar-refractivity contribution < 1.29 is 14.7 Å². The molecule has 0 radical (unpaired) electrons. The summed E-state index contributed by atoms with van der Waals surface area (Å²) in [5.41, 5.74) is 1.38. The van der Waals surface area contributed by atoms with Gasteiger partial charge in [0, 0.05) is 18.7 Å². The molecule has 3 N–H and O–H groups in total. The molecule has 5 heteroatoms. The first-order valence-electron chi connectivity index (χ1n) is 6.96. The van der Waals surface area contributed by atoms with Crippen LogP contribution in [0.15, 0.2) is 24.3 Å². The van der Waals surface area contributed by atoms with E-state index in [0.29, 0.717) is 19.3 Å². The Bertz CT molecular complexity index is 527. The van der Waals surface area contributed by atoms with E-state index in [4.69, 9.17) is 0 Å². The summed E-state index contributed by atoms with van der Waals surface area (Å²) >= 11 is 0. The van der Waals surface area contributed by atoms with Crippen LogP contribution in [0, 0.1) is 5.41 Å². The van der Waals surface area contributed by atoms with Crippen LogP contribution in [0.5, 0.6) is 0 Å². The topological polar surface area (TPSA) is 78.4 Å². The molecule has 0 saturated heterocycles. The first kappa shape index (κ1) is 13.0. The van der Waals surface area contributed by atoms with E-state index in [9.17, 15) is 14.7 Å². The number of carboxylic acid groups (broad SMARTS) is 1. The number of hydrogen-bond acceptors (Lipinski definition) is 3. The van der Waals surface area contributed by atoms with Gasteiger partial charge in [0.15, 0.2) is 0 Å². The Balaban J connectivity index is 1.58. The Kier molecular flexibility index (Phi) is 3.12. The Labute approximate surface area is 117 Å². The lowest BCUT2D eigenvalue weighted by atomic mass is 9.69. The van der Waals surface area contributed by atoms with Gasteiger partial charge in [-0.3, -0.25) is 9.59 Å². The number of carbonyl (C=O) groups is 2. The molecule has 106 valence electrons. The molecule has 1 atom stereocenters. The van der Waals surface area contributed by atoms with Gasteiger partial charge in [-0.25, -0.2) is 0 Å². The summed E-state index contributed by atoms with van der Waals surface area (Å²) in [6, 6.07) is 7.54. The summed E-state index contributed by atoms with van der Waals surface area (Å²) in [5, 5.41) is 15.2. The van der Waals surface area contributed by atoms with Crippen molar-refractivity contribution in [3.05, 3.63) is 29.8 Å². The highest BCUT2D eigenvalue weighted by Gasteiger charge is 2.44. The van der Waals surface area contributed by atoms with Gasteiger partial charge >= 0.3 is 5.97 Å². The number of fused-ring (bicyclic) bond motifs is 1. The minimum absolute atomic E-state index is 0.117. The zero-order chi connectivity index (χ0) is 14.2. The number of aliphatic carboxylic acids is 1. The summed E-state index contributed by atoms with van der Waals surface area (Å²) in [7, 11) is 0. The molecule has 0 spiro atoms. The standard InChI is InChI=1S/C15H18N2O3/c18-13(16-9-15(14(19)20)6-3-7-15)12-8-10-4-1-2-5-11(10)17-12/h1-2,4-5,12,17H,3,6-9H2,(H,16,18)(H,19,20). The Hall–Kier alpha value is -2.04. The molecule has 1 fully saturated rings. The fourth-order valence-electron chi connectivity index (χ4n) is 2.91. The van der Waals surface area contributed by atoms with E-state index in [0.717, 1.165) is 17.7 Å². The quantitative estimate of drug-likeness (QED) is 0.775. The molecule has 1 saturated carbocycles. The third kappa shape index (κ3) is 2.13. The average Bonchev–Trinajstić information content (AvgIpc) is 2.80. The Morgan fingerprint density at radius 3 is 2.70 bits per heavy atom. The molecule has 2 aliphatic rings. The molecule has 1 heterocycles. The van der Waals surface area contributed by atoms with Crippen molar-refractivity contribution in [2.45, 2.75) is 31.7 Å². The molecule has 0 bridgehead atoms. The lowest BCUT2D eigenvalue weighted by Crippen LogP contribution is -2.50. The van der Waals surface area contributed by atoms with Crippen molar-refractivity contribution in [3.8, 4) is 0 Å². The predicted octanol–water partition coefficient (Wildman–Crippen LogP) is 1.39. The van der Waals surface area contributed by atoms with E-state index in [-0.39, 0.29) is 18.5 Å². The van der Waals surface area contributed by atoms with Crippen LogP contribution in [-0.2, 0) is 16.0 Å². The number of anilines is 1. The van der Waals surface area contributed by atoms with Crippen molar-refractivity contribution in [2.75, 3.05) is 11.9 Å². The molecule has 1 aromatic carbocycles. The van der Waals surface area contributed by atoms with E-state index in [2.05, 4.69) is 10.6 Å². The summed E-state index contributed by atoms with van der Waals surface area (Å²) in [6.45, 7) is 0.232. The third-order valence-corrected chi connectivity index (χ3v) is 4.45. The Morgan fingerprint density at radius 2 is 2.10 bits per heavy atom. The fourth-order valence-corrected chi connectivity index (χ4v) is 2.91. The summed E-state index contributed by atoms with van der Waals surface area (Å²) in [4.78, 5) is 23.4. The maximum atomic E-state index is 12.2. The largest absolute Gasteiger partial charge is 0.481 e. The van der Waals surface area contributed by atoms with E-state index >= 15 is 0 Å². The van der Waals surface area contributed by atoms with Gasteiger partial charge in [-0.2, -0.15) is 0 Å². The molecule has 3 rings (SSSR count). The normalized spacial score (nSPS) is 22.3. The highest BCUT2D eigenvalue weighted by atomic mass is 16.4. The number of rotatable bonds is 4. The first-order valence-corrected chi connectivity index (χ1v) is 6.96. The number of hydrogen-bond donors (Lipinski definition) is 3. The highest BCUT2D eigenvalue weighted by molar-refractivity contribution is 5.88. The SMILES string of the molecule is O=C(NCC1(C(=O)O)CCC1)C1Cc2ccccc2N1. The molecule has 1 aliphatic carbocycles. The third-order valence-electron chi connectivity index (χ3n) is 4.45. The van der Waals surface area contributed by atoms with Crippen LogP contribution < -0.4 is 10.6 Å². The summed E-state index contributed by atoms with van der Waals surface area (Å²) in [6.07, 6.45) is 2.89. The number of amides is 1. The number of carbonyl (C=O) groups excluding carboxylic acids is 1. The van der Waals surface area contributed by atoms with Crippen LogP contribution in [-0.4, -0.2) is 29.6 Å². The van der Waals surface area contributed by atoms with Crippen LogP contribution in [0.4, 0.5) is 5.69 Å². The van der Waals surface area contributed by atoms with E-state index in [1.807, 2.05) is 24.3 Å². The molecule has 1 amide bonds. The zero-order valence-corrected chi connectivity index (χ0v) is 11.2. The van der Waals surface area contributed by atoms with Gasteiger partial charge in [0.05, 0.1) is 5.41 Å². The maximum absolute atomic E-state index is 12.2. The molecular formula is C15H18N2O3. The molecule has 5 nitrogen and oxygen atoms in total. The number of benzene rings is 1. The number of nitrogens with one attached hydrogen (secondary N) is 2. The van der Waals surface area contributed by atoms with Gasteiger partial charge in [-0.05, 0) is 24.5 Å². The lowest BCUT2D eigenvalue weighted by Gasteiger charge is -2.37. The summed E-state index contributed by atoms with van der Waals surface area (Å²) < 4.78 is 0. The highest BCUT2D eigenvalue weighted by Crippen LogP contribution is 2.40. The smallest absolute Gasteiger partial charge is 0.311 e. The second-order valence-electron chi connectivity index (χ2n) is 5.72. The van der Waals surface area contributed by atoms with Gasteiger partial charge in [0.1, 0.15) is 6.04 Å². The van der Waals surface area contributed by atoms with Gasteiger partial charge in [0.25, 0.3) is 0 Å². The monoisotopic (exact) mass is 274 g/mol. The van der Waals surface area contributed by atoms with Crippen molar-refractivity contribution in [1.29, 1.82) is 0 Å². The van der Waals surface area contributed by atoms with Gasteiger partial charge in [0.2, 0.25) is 5.91 Å². The molecule has 20 heavy (non-hydrogen) atoms. The lowest BCUT2D eigenvalue weighted by molar-refractivity contribution is -0.154. The van der Waals surface area contributed by atoms with Gasteiger partial charge < -0.3 is 15.7 Å². The Morgan fingerprint density at radius 1 is 1.35 bits per heavy atom. The van der Waals surface area contributed by atoms with Crippen LogP contribution in [0.3, 0.4) is 0 Å². The number of para-hydroxylation sites is 1. The van der Waals surface area contributed by atoms with Crippen molar-refractivity contribution in [3.63, 3.8) is 0 Å². The van der Waals surface area contributed by atoms with E-state index in [1.165, 1.54) is 0 Å². The predicted molar refractivity (Wildman–Crippen MR) is 74.5 cm³/mol. The first-order chi connectivity index (χ1) is 9.61. The van der Waals surface area contributed by atoms with Gasteiger partial charge in [-0.15, -0.1) is 0 Å². The van der Waals surface area contributed by atoms with Crippen molar-refractivity contribution >= 4 is 17.6 Å². The molecule has 1 aromatic rings. The van der Waals surface area contributed by atoms with Crippen LogP contribution in [0.1, 0.15) is 24.8 Å². The molecule has 1 unspecified atom stereocenters. The molecule has 1 aliphatic heterocycles. The van der Waals surface area contributed by atoms with Crippen LogP contribution >= 0.6 is 0 Å². The maximum Gasteiger partial charge on any atom is 0.311 e. The second-order valence-corrected chi connectivity index (χ2v) is 5.72. The number of carboxylic acids is 1. The van der Waals surface area contributed by atoms with E-state index in [1.54, 1.807) is 0 Å². The van der Waals surface area contributed by atoms with Crippen molar-refractivity contribution in [2.24, 2.45) is 5.41 Å². The van der Waals surface area contributed by atoms with Crippen LogP contribution in [0.25, 0.3) is 0 Å². The van der Waals surface area contributed by atoms with Gasteiger partial charge in [-0.1, -0.05) is 24.6 Å². The zero-order valence-electron chi connectivity index (χ0n) is 11.2. The molecule has 0 aromatic heterocycles. The summed E-state index contributed by atoms with van der Waals surface area (Å²) in [5.74, 6) is -0.916.